The van der Waals surface area contributed by atoms with Crippen molar-refractivity contribution in [2.24, 2.45) is 5.41 Å². The van der Waals surface area contributed by atoms with E-state index in [1.54, 1.807) is 18.3 Å². The van der Waals surface area contributed by atoms with E-state index in [4.69, 9.17) is 15.1 Å². The van der Waals surface area contributed by atoms with Gasteiger partial charge in [-0.15, -0.1) is 0 Å². The fraction of sp³-hybridized carbons (Fsp3) is 0.571. The molecule has 0 bridgehead atoms. The van der Waals surface area contributed by atoms with Crippen LogP contribution in [-0.4, -0.2) is 16.7 Å². The van der Waals surface area contributed by atoms with E-state index >= 15 is 0 Å². The lowest BCUT2D eigenvalue weighted by Gasteiger charge is -2.14. The molecule has 0 spiro atoms. The highest BCUT2D eigenvalue weighted by Gasteiger charge is 2.15. The van der Waals surface area contributed by atoms with Crippen LogP contribution in [-0.2, 0) is 6.61 Å². The Bertz CT molecular complexity index is 393. The van der Waals surface area contributed by atoms with Gasteiger partial charge in [-0.2, -0.15) is 5.26 Å². The monoisotopic (exact) mass is 248 g/mol. The van der Waals surface area contributed by atoms with Gasteiger partial charge in [0.05, 0.1) is 36.6 Å². The maximum absolute atomic E-state index is 8.87. The number of pyridine rings is 1. The van der Waals surface area contributed by atoms with Crippen molar-refractivity contribution >= 4 is 0 Å². The largest absolute Gasteiger partial charge is 0.492 e. The normalized spacial score (nSPS) is 11.0. The van der Waals surface area contributed by atoms with Crippen molar-refractivity contribution in [3.05, 3.63) is 24.0 Å². The molecular formula is C14H20N2O2. The van der Waals surface area contributed by atoms with Gasteiger partial charge in [0.25, 0.3) is 0 Å². The summed E-state index contributed by atoms with van der Waals surface area (Å²) in [6.07, 6.45) is 4.40. The molecule has 0 aliphatic heterocycles. The van der Waals surface area contributed by atoms with Crippen molar-refractivity contribution in [2.45, 2.75) is 39.7 Å². The second kappa shape index (κ2) is 6.97. The molecule has 1 heterocycles. The van der Waals surface area contributed by atoms with E-state index in [0.29, 0.717) is 18.1 Å². The third kappa shape index (κ3) is 5.15. The zero-order chi connectivity index (χ0) is 13.4. The zero-order valence-electron chi connectivity index (χ0n) is 11.0. The summed E-state index contributed by atoms with van der Waals surface area (Å²) >= 11 is 0. The van der Waals surface area contributed by atoms with Crippen molar-refractivity contribution < 1.29 is 9.84 Å². The number of aromatic nitrogens is 1. The van der Waals surface area contributed by atoms with Gasteiger partial charge in [-0.1, -0.05) is 0 Å². The molecule has 4 heteroatoms. The number of nitriles is 1. The van der Waals surface area contributed by atoms with Gasteiger partial charge < -0.3 is 9.84 Å². The molecule has 0 radical (unpaired) electrons. The highest BCUT2D eigenvalue weighted by Crippen LogP contribution is 2.21. The van der Waals surface area contributed by atoms with Crippen LogP contribution in [0.2, 0.25) is 0 Å². The molecule has 18 heavy (non-hydrogen) atoms. The number of hydrogen-bond acceptors (Lipinski definition) is 4. The molecule has 0 fully saturated rings. The number of hydrogen-bond donors (Lipinski definition) is 1. The van der Waals surface area contributed by atoms with E-state index in [1.807, 2.05) is 13.8 Å². The molecular weight excluding hydrogens is 228 g/mol. The lowest BCUT2D eigenvalue weighted by atomic mass is 9.89. The van der Waals surface area contributed by atoms with E-state index in [1.165, 1.54) is 0 Å². The number of ether oxygens (including phenoxy) is 1. The molecule has 0 unspecified atom stereocenters. The first-order valence-corrected chi connectivity index (χ1v) is 6.17. The van der Waals surface area contributed by atoms with Crippen molar-refractivity contribution in [1.82, 2.24) is 4.98 Å². The number of aliphatic hydroxyl groups excluding tert-OH is 1. The first kappa shape index (κ1) is 14.5. The Balaban J connectivity index is 2.20. The van der Waals surface area contributed by atoms with Crippen LogP contribution < -0.4 is 4.74 Å². The second-order valence-corrected chi connectivity index (χ2v) is 4.94. The number of aliphatic hydroxyl groups is 1. The van der Waals surface area contributed by atoms with Crippen molar-refractivity contribution in [3.63, 3.8) is 0 Å². The number of rotatable bonds is 7. The first-order chi connectivity index (χ1) is 8.57. The van der Waals surface area contributed by atoms with Gasteiger partial charge in [-0.05, 0) is 45.2 Å². The summed E-state index contributed by atoms with van der Waals surface area (Å²) in [5, 5.41) is 17.7. The molecule has 0 saturated carbocycles. The van der Waals surface area contributed by atoms with Crippen molar-refractivity contribution in [3.8, 4) is 11.8 Å². The highest BCUT2D eigenvalue weighted by molar-refractivity contribution is 5.19. The first-order valence-electron chi connectivity index (χ1n) is 6.17. The molecule has 1 N–H and O–H groups in total. The van der Waals surface area contributed by atoms with E-state index in [9.17, 15) is 0 Å². The minimum atomic E-state index is -0.246. The summed E-state index contributed by atoms with van der Waals surface area (Å²) in [5.74, 6) is 0.715. The van der Waals surface area contributed by atoms with Crippen LogP contribution in [0.15, 0.2) is 18.3 Å². The van der Waals surface area contributed by atoms with Gasteiger partial charge in [-0.3, -0.25) is 4.98 Å². The van der Waals surface area contributed by atoms with Crippen LogP contribution in [0.5, 0.6) is 5.75 Å². The Morgan fingerprint density at radius 3 is 2.72 bits per heavy atom. The minimum Gasteiger partial charge on any atom is -0.492 e. The molecule has 0 saturated heterocycles. The second-order valence-electron chi connectivity index (χ2n) is 4.94. The molecule has 1 aromatic rings. The Morgan fingerprint density at radius 2 is 2.17 bits per heavy atom. The molecule has 0 aromatic carbocycles. The summed E-state index contributed by atoms with van der Waals surface area (Å²) in [6.45, 7) is 4.47. The van der Waals surface area contributed by atoms with E-state index in [0.717, 1.165) is 19.3 Å². The Hall–Kier alpha value is -1.60. The highest BCUT2D eigenvalue weighted by atomic mass is 16.5. The van der Waals surface area contributed by atoms with Crippen molar-refractivity contribution in [1.29, 1.82) is 5.26 Å². The molecule has 0 aliphatic rings. The maximum Gasteiger partial charge on any atom is 0.137 e. The standard InChI is InChI=1S/C14H20N2O2/c1-14(2,11-15)7-3-4-8-18-13-6-5-12(10-17)16-9-13/h5-6,9,17H,3-4,7-8,10H2,1-2H3. The molecule has 4 nitrogen and oxygen atoms in total. The molecule has 0 aliphatic carbocycles. The van der Waals surface area contributed by atoms with Crippen LogP contribution in [0.4, 0.5) is 0 Å². The predicted octanol–water partition coefficient (Wildman–Crippen LogP) is 2.67. The summed E-state index contributed by atoms with van der Waals surface area (Å²) in [5.41, 5.74) is 0.391. The SMILES string of the molecule is CC(C)(C#N)CCCCOc1ccc(CO)nc1. The molecule has 0 atom stereocenters. The fourth-order valence-corrected chi connectivity index (χ4v) is 1.50. The van der Waals surface area contributed by atoms with Gasteiger partial charge in [-0.25, -0.2) is 0 Å². The summed E-state index contributed by atoms with van der Waals surface area (Å²) < 4.78 is 5.53. The Morgan fingerprint density at radius 1 is 1.39 bits per heavy atom. The van der Waals surface area contributed by atoms with Gasteiger partial charge in [0.15, 0.2) is 0 Å². The van der Waals surface area contributed by atoms with Crippen LogP contribution in [0.3, 0.4) is 0 Å². The lowest BCUT2D eigenvalue weighted by Crippen LogP contribution is -2.08. The average Bonchev–Trinajstić information content (AvgIpc) is 2.39. The van der Waals surface area contributed by atoms with E-state index in [-0.39, 0.29) is 12.0 Å². The zero-order valence-corrected chi connectivity index (χ0v) is 11.0. The van der Waals surface area contributed by atoms with Crippen LogP contribution in [0.25, 0.3) is 0 Å². The fourth-order valence-electron chi connectivity index (χ4n) is 1.50. The third-order valence-electron chi connectivity index (χ3n) is 2.73. The predicted molar refractivity (Wildman–Crippen MR) is 68.9 cm³/mol. The van der Waals surface area contributed by atoms with Crippen LogP contribution >= 0.6 is 0 Å². The van der Waals surface area contributed by atoms with Crippen LogP contribution in [0, 0.1) is 16.7 Å². The van der Waals surface area contributed by atoms with E-state index in [2.05, 4.69) is 11.1 Å². The Kier molecular flexibility index (Phi) is 5.60. The quantitative estimate of drug-likeness (QED) is 0.753. The smallest absolute Gasteiger partial charge is 0.137 e. The average molecular weight is 248 g/mol. The van der Waals surface area contributed by atoms with Gasteiger partial charge in [0.2, 0.25) is 0 Å². The van der Waals surface area contributed by atoms with Gasteiger partial charge >= 0.3 is 0 Å². The van der Waals surface area contributed by atoms with Crippen molar-refractivity contribution in [2.75, 3.05) is 6.61 Å². The summed E-state index contributed by atoms with van der Waals surface area (Å²) in [6, 6.07) is 5.84. The minimum absolute atomic E-state index is 0.0521. The summed E-state index contributed by atoms with van der Waals surface area (Å²) in [7, 11) is 0. The van der Waals surface area contributed by atoms with Gasteiger partial charge in [0.1, 0.15) is 5.75 Å². The molecule has 98 valence electrons. The summed E-state index contributed by atoms with van der Waals surface area (Å²) in [4.78, 5) is 4.03. The maximum atomic E-state index is 8.87. The van der Waals surface area contributed by atoms with Crippen LogP contribution in [0.1, 0.15) is 38.8 Å². The molecule has 1 rings (SSSR count). The molecule has 0 amide bonds. The number of nitrogens with zero attached hydrogens (tertiary/aromatic N) is 2. The Labute approximate surface area is 108 Å². The lowest BCUT2D eigenvalue weighted by molar-refractivity contribution is 0.274. The number of unbranched alkanes of at least 4 members (excludes halogenated alkanes) is 1. The molecule has 1 aromatic heterocycles. The van der Waals surface area contributed by atoms with E-state index < -0.39 is 0 Å². The topological polar surface area (TPSA) is 66.1 Å². The third-order valence-corrected chi connectivity index (χ3v) is 2.73. The van der Waals surface area contributed by atoms with Gasteiger partial charge in [0, 0.05) is 0 Å².